The third kappa shape index (κ3) is 2.91. The molecule has 2 aromatic rings. The molecule has 2 nitrogen and oxygen atoms in total. The van der Waals surface area contributed by atoms with E-state index in [9.17, 15) is 22.7 Å². The Morgan fingerprint density at radius 2 is 1.90 bits per heavy atom. The zero-order chi connectivity index (χ0) is 14.9. The highest BCUT2D eigenvalue weighted by molar-refractivity contribution is 6.30. The second kappa shape index (κ2) is 5.38. The minimum atomic E-state index is -4.62. The van der Waals surface area contributed by atoms with Gasteiger partial charge in [0.05, 0.1) is 10.6 Å². The van der Waals surface area contributed by atoms with E-state index in [0.717, 1.165) is 30.6 Å². The van der Waals surface area contributed by atoms with Gasteiger partial charge in [0.25, 0.3) is 0 Å². The largest absolute Gasteiger partial charge is 0.416 e. The molecule has 0 saturated carbocycles. The van der Waals surface area contributed by atoms with Crippen molar-refractivity contribution in [2.45, 2.75) is 12.3 Å². The summed E-state index contributed by atoms with van der Waals surface area (Å²) in [6.45, 7) is 0. The van der Waals surface area contributed by atoms with Gasteiger partial charge in [0.15, 0.2) is 0 Å². The smallest absolute Gasteiger partial charge is 0.384 e. The minimum absolute atomic E-state index is 0.0508. The zero-order valence-electron chi connectivity index (χ0n) is 9.83. The van der Waals surface area contributed by atoms with E-state index in [1.807, 2.05) is 0 Å². The zero-order valence-corrected chi connectivity index (χ0v) is 10.6. The van der Waals surface area contributed by atoms with Crippen molar-refractivity contribution in [3.05, 3.63) is 64.2 Å². The molecule has 0 bridgehead atoms. The fourth-order valence-electron chi connectivity index (χ4n) is 1.74. The quantitative estimate of drug-likeness (QED) is 0.852. The summed E-state index contributed by atoms with van der Waals surface area (Å²) in [5.41, 5.74) is -1.36. The van der Waals surface area contributed by atoms with Crippen LogP contribution < -0.4 is 0 Å². The highest BCUT2D eigenvalue weighted by Crippen LogP contribution is 2.36. The van der Waals surface area contributed by atoms with Crippen molar-refractivity contribution in [2.24, 2.45) is 0 Å². The Hall–Kier alpha value is -1.66. The minimum Gasteiger partial charge on any atom is -0.384 e. The first kappa shape index (κ1) is 14.7. The van der Waals surface area contributed by atoms with Crippen LogP contribution in [0.4, 0.5) is 17.6 Å². The number of aliphatic hydroxyl groups excluding tert-OH is 1. The summed E-state index contributed by atoms with van der Waals surface area (Å²) < 4.78 is 51.6. The highest BCUT2D eigenvalue weighted by Gasteiger charge is 2.35. The maximum Gasteiger partial charge on any atom is 0.416 e. The van der Waals surface area contributed by atoms with Crippen LogP contribution in [0.2, 0.25) is 5.02 Å². The molecule has 0 fully saturated rings. The predicted molar refractivity (Wildman–Crippen MR) is 64.7 cm³/mol. The molecule has 1 aromatic heterocycles. The molecule has 1 heterocycles. The summed E-state index contributed by atoms with van der Waals surface area (Å²) in [5, 5.41) is 9.75. The molecule has 1 atom stereocenters. The van der Waals surface area contributed by atoms with E-state index in [4.69, 9.17) is 11.6 Å². The first-order chi connectivity index (χ1) is 9.30. The number of halogens is 5. The van der Waals surface area contributed by atoms with Gasteiger partial charge >= 0.3 is 6.18 Å². The lowest BCUT2D eigenvalue weighted by Crippen LogP contribution is -2.13. The van der Waals surface area contributed by atoms with Crippen LogP contribution in [0.5, 0.6) is 0 Å². The molecule has 0 aliphatic rings. The average molecular weight is 306 g/mol. The van der Waals surface area contributed by atoms with E-state index in [-0.39, 0.29) is 10.6 Å². The van der Waals surface area contributed by atoms with Crippen molar-refractivity contribution in [2.75, 3.05) is 0 Å². The highest BCUT2D eigenvalue weighted by atomic mass is 35.5. The van der Waals surface area contributed by atoms with Gasteiger partial charge in [-0.1, -0.05) is 17.7 Å². The van der Waals surface area contributed by atoms with Gasteiger partial charge in [-0.2, -0.15) is 13.2 Å². The number of rotatable bonds is 2. The molecule has 1 aromatic carbocycles. The lowest BCUT2D eigenvalue weighted by atomic mass is 9.98. The Morgan fingerprint density at radius 3 is 2.50 bits per heavy atom. The number of hydrogen-bond acceptors (Lipinski definition) is 2. The van der Waals surface area contributed by atoms with E-state index in [2.05, 4.69) is 4.98 Å². The molecule has 0 aliphatic heterocycles. The second-order valence-electron chi connectivity index (χ2n) is 4.04. The van der Waals surface area contributed by atoms with Gasteiger partial charge in [0.2, 0.25) is 0 Å². The first-order valence-corrected chi connectivity index (χ1v) is 5.82. The summed E-state index contributed by atoms with van der Waals surface area (Å²) in [4.78, 5) is 3.58. The Balaban J connectivity index is 2.48. The molecule has 0 aliphatic carbocycles. The fraction of sp³-hybridized carbons (Fsp3) is 0.154. The van der Waals surface area contributed by atoms with Crippen molar-refractivity contribution in [1.82, 2.24) is 4.98 Å². The molecular weight excluding hydrogens is 298 g/mol. The Kier molecular flexibility index (Phi) is 3.96. The Bertz CT molecular complexity index is 630. The van der Waals surface area contributed by atoms with Gasteiger partial charge < -0.3 is 5.11 Å². The van der Waals surface area contributed by atoms with Crippen LogP contribution in [0.25, 0.3) is 0 Å². The second-order valence-corrected chi connectivity index (χ2v) is 4.44. The van der Waals surface area contributed by atoms with Crippen LogP contribution >= 0.6 is 11.6 Å². The SMILES string of the molecule is OC(c1ccc(F)c(Cl)c1)c1cnccc1C(F)(F)F. The Morgan fingerprint density at radius 1 is 1.20 bits per heavy atom. The van der Waals surface area contributed by atoms with Gasteiger partial charge in [-0.25, -0.2) is 4.39 Å². The number of nitrogens with zero attached hydrogens (tertiary/aromatic N) is 1. The monoisotopic (exact) mass is 305 g/mol. The summed E-state index contributed by atoms with van der Waals surface area (Å²) in [6.07, 6.45) is -4.32. The molecule has 2 rings (SSSR count). The van der Waals surface area contributed by atoms with Gasteiger partial charge in [0, 0.05) is 18.0 Å². The number of alkyl halides is 3. The average Bonchev–Trinajstić information content (AvgIpc) is 2.40. The Labute approximate surface area is 116 Å². The topological polar surface area (TPSA) is 33.1 Å². The number of benzene rings is 1. The van der Waals surface area contributed by atoms with Crippen LogP contribution in [-0.4, -0.2) is 10.1 Å². The number of pyridine rings is 1. The normalized spacial score (nSPS) is 13.3. The van der Waals surface area contributed by atoms with Gasteiger partial charge in [-0.3, -0.25) is 4.98 Å². The standard InChI is InChI=1S/C13H8ClF4NO/c14-10-5-7(1-2-11(10)15)12(20)8-6-19-4-3-9(8)13(16,17)18/h1-6,12,20H. The molecule has 0 amide bonds. The summed E-state index contributed by atoms with van der Waals surface area (Å²) >= 11 is 5.55. The lowest BCUT2D eigenvalue weighted by Gasteiger charge is -2.17. The van der Waals surface area contributed by atoms with Gasteiger partial charge in [0.1, 0.15) is 11.9 Å². The van der Waals surface area contributed by atoms with Gasteiger partial charge in [-0.05, 0) is 23.8 Å². The van der Waals surface area contributed by atoms with Crippen molar-refractivity contribution in [3.8, 4) is 0 Å². The van der Waals surface area contributed by atoms with Crippen LogP contribution in [-0.2, 0) is 6.18 Å². The lowest BCUT2D eigenvalue weighted by molar-refractivity contribution is -0.139. The van der Waals surface area contributed by atoms with Crippen molar-refractivity contribution >= 4 is 11.6 Å². The number of hydrogen-bond donors (Lipinski definition) is 1. The molecule has 106 valence electrons. The van der Waals surface area contributed by atoms with Crippen LogP contribution in [0.15, 0.2) is 36.7 Å². The van der Waals surface area contributed by atoms with Crippen LogP contribution in [0, 0.1) is 5.82 Å². The van der Waals surface area contributed by atoms with Crippen molar-refractivity contribution in [3.63, 3.8) is 0 Å². The van der Waals surface area contributed by atoms with E-state index < -0.39 is 29.2 Å². The molecule has 1 N–H and O–H groups in total. The van der Waals surface area contributed by atoms with Crippen LogP contribution in [0.3, 0.4) is 0 Å². The summed E-state index contributed by atoms with van der Waals surface area (Å²) in [5.74, 6) is -0.718. The summed E-state index contributed by atoms with van der Waals surface area (Å²) in [7, 11) is 0. The predicted octanol–water partition coefficient (Wildman–Crippen LogP) is 3.97. The first-order valence-electron chi connectivity index (χ1n) is 5.45. The fourth-order valence-corrected chi connectivity index (χ4v) is 1.93. The molecule has 0 radical (unpaired) electrons. The number of aliphatic hydroxyl groups is 1. The third-order valence-electron chi connectivity index (χ3n) is 2.71. The maximum absolute atomic E-state index is 13.0. The van der Waals surface area contributed by atoms with E-state index in [1.165, 1.54) is 6.07 Å². The molecule has 7 heteroatoms. The molecule has 0 saturated heterocycles. The van der Waals surface area contributed by atoms with Crippen LogP contribution in [0.1, 0.15) is 22.8 Å². The van der Waals surface area contributed by atoms with Crippen molar-refractivity contribution < 1.29 is 22.7 Å². The van der Waals surface area contributed by atoms with Gasteiger partial charge in [-0.15, -0.1) is 0 Å². The maximum atomic E-state index is 13.0. The third-order valence-corrected chi connectivity index (χ3v) is 3.00. The van der Waals surface area contributed by atoms with E-state index in [0.29, 0.717) is 0 Å². The molecule has 1 unspecified atom stereocenters. The number of aromatic nitrogens is 1. The molecular formula is C13H8ClF4NO. The van der Waals surface area contributed by atoms with E-state index in [1.54, 1.807) is 0 Å². The summed E-state index contributed by atoms with van der Waals surface area (Å²) in [6, 6.07) is 3.99. The molecule has 0 spiro atoms. The molecule has 20 heavy (non-hydrogen) atoms. The van der Waals surface area contributed by atoms with Crippen molar-refractivity contribution in [1.29, 1.82) is 0 Å². The van der Waals surface area contributed by atoms with E-state index >= 15 is 0 Å².